The van der Waals surface area contributed by atoms with Crippen LogP contribution in [0.3, 0.4) is 0 Å². The maximum Gasteiger partial charge on any atom is 0.244 e. The first-order valence-electron chi connectivity index (χ1n) is 6.44. The lowest BCUT2D eigenvalue weighted by Crippen LogP contribution is -2.29. The Hall–Kier alpha value is -1.63. The number of amides is 1. The Morgan fingerprint density at radius 3 is 2.70 bits per heavy atom. The molecule has 0 atom stereocenters. The van der Waals surface area contributed by atoms with E-state index in [1.807, 2.05) is 30.9 Å². The zero-order chi connectivity index (χ0) is 14.7. The molecule has 6 nitrogen and oxygen atoms in total. The van der Waals surface area contributed by atoms with Crippen LogP contribution in [0.1, 0.15) is 18.2 Å². The summed E-state index contributed by atoms with van der Waals surface area (Å²) in [4.78, 5) is 13.8. The van der Waals surface area contributed by atoms with Crippen molar-refractivity contribution < 1.29 is 4.79 Å². The van der Waals surface area contributed by atoms with Crippen molar-refractivity contribution in [1.82, 2.24) is 24.5 Å². The van der Waals surface area contributed by atoms with E-state index in [1.54, 1.807) is 22.8 Å². The van der Waals surface area contributed by atoms with Gasteiger partial charge in [-0.2, -0.15) is 10.2 Å². The molecule has 2 aromatic rings. The van der Waals surface area contributed by atoms with Crippen LogP contribution in [0.15, 0.2) is 23.1 Å². The number of aryl methyl sites for hydroxylation is 2. The molecule has 20 heavy (non-hydrogen) atoms. The zero-order valence-electron chi connectivity index (χ0n) is 11.9. The van der Waals surface area contributed by atoms with Gasteiger partial charge in [-0.05, 0) is 29.8 Å². The average molecular weight is 340 g/mol. The van der Waals surface area contributed by atoms with E-state index in [1.165, 1.54) is 0 Å². The number of carbonyl (C=O) groups is 1. The Balaban J connectivity index is 1.94. The Morgan fingerprint density at radius 2 is 2.15 bits per heavy atom. The topological polar surface area (TPSA) is 56.0 Å². The summed E-state index contributed by atoms with van der Waals surface area (Å²) in [5.41, 5.74) is 1.91. The van der Waals surface area contributed by atoms with E-state index in [0.29, 0.717) is 6.54 Å². The maximum atomic E-state index is 12.1. The molecule has 0 fully saturated rings. The van der Waals surface area contributed by atoms with Crippen LogP contribution >= 0.6 is 15.9 Å². The van der Waals surface area contributed by atoms with Gasteiger partial charge in [-0.1, -0.05) is 0 Å². The predicted octanol–water partition coefficient (Wildman–Crippen LogP) is 1.83. The minimum absolute atomic E-state index is 0.0178. The van der Waals surface area contributed by atoms with E-state index in [9.17, 15) is 4.79 Å². The van der Waals surface area contributed by atoms with Gasteiger partial charge in [0.05, 0.1) is 16.4 Å². The largest absolute Gasteiger partial charge is 0.340 e. The molecule has 0 spiro atoms. The fourth-order valence-electron chi connectivity index (χ4n) is 1.86. The number of halogens is 1. The second kappa shape index (κ2) is 6.21. The SMILES string of the molecule is CCn1cc(CN(C)C(=O)Cn2cc(Br)c(C)n2)cn1. The number of hydrogen-bond donors (Lipinski definition) is 0. The summed E-state index contributed by atoms with van der Waals surface area (Å²) >= 11 is 3.39. The second-order valence-corrected chi connectivity index (χ2v) is 5.57. The normalized spacial score (nSPS) is 10.8. The first-order valence-corrected chi connectivity index (χ1v) is 7.23. The van der Waals surface area contributed by atoms with Crippen molar-refractivity contribution in [3.05, 3.63) is 34.3 Å². The van der Waals surface area contributed by atoms with Crippen LogP contribution in [0.2, 0.25) is 0 Å². The van der Waals surface area contributed by atoms with Gasteiger partial charge >= 0.3 is 0 Å². The molecule has 0 radical (unpaired) electrons. The van der Waals surface area contributed by atoms with Crippen molar-refractivity contribution >= 4 is 21.8 Å². The third-order valence-corrected chi connectivity index (χ3v) is 3.82. The van der Waals surface area contributed by atoms with E-state index in [0.717, 1.165) is 22.3 Å². The van der Waals surface area contributed by atoms with Crippen molar-refractivity contribution in [2.75, 3.05) is 7.05 Å². The molecular formula is C13H18BrN5O. The summed E-state index contributed by atoms with van der Waals surface area (Å²) < 4.78 is 4.41. The summed E-state index contributed by atoms with van der Waals surface area (Å²) in [5, 5.41) is 8.46. The van der Waals surface area contributed by atoms with E-state index in [2.05, 4.69) is 26.1 Å². The molecule has 2 aromatic heterocycles. The molecule has 2 heterocycles. The van der Waals surface area contributed by atoms with Gasteiger partial charge in [-0.3, -0.25) is 14.2 Å². The average Bonchev–Trinajstić information content (AvgIpc) is 2.97. The molecule has 1 amide bonds. The summed E-state index contributed by atoms with van der Waals surface area (Å²) in [6.07, 6.45) is 5.57. The molecule has 0 aliphatic rings. The summed E-state index contributed by atoms with van der Waals surface area (Å²) in [7, 11) is 1.79. The number of rotatable bonds is 5. The highest BCUT2D eigenvalue weighted by Gasteiger charge is 2.12. The molecule has 0 saturated heterocycles. The fraction of sp³-hybridized carbons (Fsp3) is 0.462. The molecule has 0 unspecified atom stereocenters. The number of hydrogen-bond acceptors (Lipinski definition) is 3. The monoisotopic (exact) mass is 339 g/mol. The maximum absolute atomic E-state index is 12.1. The molecule has 0 aromatic carbocycles. The lowest BCUT2D eigenvalue weighted by Gasteiger charge is -2.16. The lowest BCUT2D eigenvalue weighted by molar-refractivity contribution is -0.131. The van der Waals surface area contributed by atoms with Gasteiger partial charge < -0.3 is 4.90 Å². The summed E-state index contributed by atoms with van der Waals surface area (Å²) in [6, 6.07) is 0. The van der Waals surface area contributed by atoms with Crippen molar-refractivity contribution in [3.8, 4) is 0 Å². The molecule has 0 aliphatic carbocycles. The molecule has 0 bridgehead atoms. The first-order chi connectivity index (χ1) is 9.49. The Kier molecular flexibility index (Phi) is 4.59. The molecular weight excluding hydrogens is 322 g/mol. The van der Waals surface area contributed by atoms with Gasteiger partial charge in [0.25, 0.3) is 0 Å². The van der Waals surface area contributed by atoms with Gasteiger partial charge in [0, 0.05) is 38.1 Å². The quantitative estimate of drug-likeness (QED) is 0.834. The Labute approximate surface area is 126 Å². The van der Waals surface area contributed by atoms with Gasteiger partial charge in [-0.15, -0.1) is 0 Å². The van der Waals surface area contributed by atoms with Crippen LogP contribution in [-0.2, 0) is 24.4 Å². The first kappa shape index (κ1) is 14.8. The number of likely N-dealkylation sites (N-methyl/N-ethyl adjacent to an activating group) is 1. The molecule has 2 rings (SSSR count). The van der Waals surface area contributed by atoms with Crippen molar-refractivity contribution in [2.45, 2.75) is 33.5 Å². The molecule has 7 heteroatoms. The fourth-order valence-corrected chi connectivity index (χ4v) is 2.17. The smallest absolute Gasteiger partial charge is 0.244 e. The summed E-state index contributed by atoms with van der Waals surface area (Å²) in [6.45, 7) is 5.56. The Morgan fingerprint density at radius 1 is 1.40 bits per heavy atom. The van der Waals surface area contributed by atoms with E-state index in [-0.39, 0.29) is 12.5 Å². The van der Waals surface area contributed by atoms with Gasteiger partial charge in [-0.25, -0.2) is 0 Å². The van der Waals surface area contributed by atoms with Crippen LogP contribution in [0.5, 0.6) is 0 Å². The highest BCUT2D eigenvalue weighted by Crippen LogP contribution is 2.13. The minimum Gasteiger partial charge on any atom is -0.340 e. The molecule has 108 valence electrons. The molecule has 0 saturated carbocycles. The summed E-state index contributed by atoms with van der Waals surface area (Å²) in [5.74, 6) is 0.0178. The number of carbonyl (C=O) groups excluding carboxylic acids is 1. The number of nitrogens with zero attached hydrogens (tertiary/aromatic N) is 5. The second-order valence-electron chi connectivity index (χ2n) is 4.71. The van der Waals surface area contributed by atoms with E-state index in [4.69, 9.17) is 0 Å². The highest BCUT2D eigenvalue weighted by atomic mass is 79.9. The van der Waals surface area contributed by atoms with Gasteiger partial charge in [0.15, 0.2) is 0 Å². The van der Waals surface area contributed by atoms with Crippen LogP contribution in [0.4, 0.5) is 0 Å². The highest BCUT2D eigenvalue weighted by molar-refractivity contribution is 9.10. The number of aromatic nitrogens is 4. The van der Waals surface area contributed by atoms with Crippen LogP contribution in [0.25, 0.3) is 0 Å². The van der Waals surface area contributed by atoms with Gasteiger partial charge in [0.1, 0.15) is 6.54 Å². The molecule has 0 aliphatic heterocycles. The zero-order valence-corrected chi connectivity index (χ0v) is 13.5. The minimum atomic E-state index is 0.0178. The van der Waals surface area contributed by atoms with Crippen LogP contribution in [0, 0.1) is 6.92 Å². The van der Waals surface area contributed by atoms with Crippen LogP contribution < -0.4 is 0 Å². The third-order valence-electron chi connectivity index (χ3n) is 3.04. The molecule has 0 N–H and O–H groups in total. The predicted molar refractivity (Wildman–Crippen MR) is 79.0 cm³/mol. The van der Waals surface area contributed by atoms with Crippen molar-refractivity contribution in [2.24, 2.45) is 0 Å². The third kappa shape index (κ3) is 3.47. The van der Waals surface area contributed by atoms with Gasteiger partial charge in [0.2, 0.25) is 5.91 Å². The van der Waals surface area contributed by atoms with Crippen molar-refractivity contribution in [1.29, 1.82) is 0 Å². The standard InChI is InChI=1S/C13H18BrN5O/c1-4-18-7-11(5-15-18)6-17(3)13(20)9-19-8-12(14)10(2)16-19/h5,7-8H,4,6,9H2,1-3H3. The lowest BCUT2D eigenvalue weighted by atomic mass is 10.3. The Bertz CT molecular complexity index is 584. The van der Waals surface area contributed by atoms with E-state index < -0.39 is 0 Å². The van der Waals surface area contributed by atoms with Crippen LogP contribution in [-0.4, -0.2) is 37.4 Å². The van der Waals surface area contributed by atoms with Crippen molar-refractivity contribution in [3.63, 3.8) is 0 Å². The van der Waals surface area contributed by atoms with E-state index >= 15 is 0 Å².